The van der Waals surface area contributed by atoms with Crippen LogP contribution in [0.4, 0.5) is 5.82 Å². The molecule has 1 fully saturated rings. The highest BCUT2D eigenvalue weighted by Gasteiger charge is 2.26. The zero-order valence-corrected chi connectivity index (χ0v) is 12.5. The van der Waals surface area contributed by atoms with Crippen molar-refractivity contribution in [1.29, 1.82) is 0 Å². The maximum Gasteiger partial charge on any atom is 0.123 e. The summed E-state index contributed by atoms with van der Waals surface area (Å²) in [5.41, 5.74) is 7.47. The maximum absolute atomic E-state index is 5.74. The standard InChI is InChI=1S/C16H27N3/c1-16(2,3)14-5-4-9-19(10-7-14)12-13-6-8-18-15(17)11-13/h6,8,11,14H,4-5,7,9-10,12H2,1-3H3,(H2,17,18). The number of nitrogens with zero attached hydrogens (tertiary/aromatic N) is 2. The van der Waals surface area contributed by atoms with Crippen LogP contribution >= 0.6 is 0 Å². The molecule has 2 N–H and O–H groups in total. The number of anilines is 1. The van der Waals surface area contributed by atoms with Gasteiger partial charge in [0.1, 0.15) is 5.82 Å². The van der Waals surface area contributed by atoms with E-state index in [1.54, 1.807) is 6.20 Å². The lowest BCUT2D eigenvalue weighted by molar-refractivity contribution is 0.206. The molecule has 3 heteroatoms. The van der Waals surface area contributed by atoms with Crippen LogP contribution in [0, 0.1) is 11.3 Å². The van der Waals surface area contributed by atoms with Crippen LogP contribution in [0.15, 0.2) is 18.3 Å². The first-order chi connectivity index (χ1) is 8.95. The van der Waals surface area contributed by atoms with Crippen LogP contribution in [0.25, 0.3) is 0 Å². The van der Waals surface area contributed by atoms with Crippen molar-refractivity contribution in [1.82, 2.24) is 9.88 Å². The molecule has 1 atom stereocenters. The van der Waals surface area contributed by atoms with E-state index in [2.05, 4.69) is 36.7 Å². The smallest absolute Gasteiger partial charge is 0.123 e. The summed E-state index contributed by atoms with van der Waals surface area (Å²) in [5.74, 6) is 1.47. The third kappa shape index (κ3) is 4.20. The predicted molar refractivity (Wildman–Crippen MR) is 80.7 cm³/mol. The van der Waals surface area contributed by atoms with Crippen LogP contribution in [0.1, 0.15) is 45.6 Å². The lowest BCUT2D eigenvalue weighted by Crippen LogP contribution is -2.26. The van der Waals surface area contributed by atoms with E-state index in [1.807, 2.05) is 6.07 Å². The van der Waals surface area contributed by atoms with E-state index >= 15 is 0 Å². The highest BCUT2D eigenvalue weighted by molar-refractivity contribution is 5.31. The molecule has 2 rings (SSSR count). The second kappa shape index (κ2) is 5.91. The molecule has 1 saturated heterocycles. The van der Waals surface area contributed by atoms with E-state index < -0.39 is 0 Å². The zero-order chi connectivity index (χ0) is 13.9. The number of likely N-dealkylation sites (tertiary alicyclic amines) is 1. The van der Waals surface area contributed by atoms with Gasteiger partial charge in [0, 0.05) is 12.7 Å². The summed E-state index contributed by atoms with van der Waals surface area (Å²) in [6.45, 7) is 10.5. The molecule has 0 amide bonds. The Kier molecular flexibility index (Phi) is 4.46. The first kappa shape index (κ1) is 14.3. The number of pyridine rings is 1. The van der Waals surface area contributed by atoms with Gasteiger partial charge in [0.25, 0.3) is 0 Å². The molecule has 1 unspecified atom stereocenters. The SMILES string of the molecule is CC(C)(C)C1CCCN(Cc2ccnc(N)c2)CC1. The van der Waals surface area contributed by atoms with Crippen LogP contribution < -0.4 is 5.73 Å². The monoisotopic (exact) mass is 261 g/mol. The molecule has 0 radical (unpaired) electrons. The van der Waals surface area contributed by atoms with Gasteiger partial charge in [0.05, 0.1) is 0 Å². The van der Waals surface area contributed by atoms with E-state index in [1.165, 1.54) is 37.9 Å². The van der Waals surface area contributed by atoms with Gasteiger partial charge in [0.15, 0.2) is 0 Å². The number of aromatic nitrogens is 1. The van der Waals surface area contributed by atoms with Gasteiger partial charge in [-0.15, -0.1) is 0 Å². The van der Waals surface area contributed by atoms with Crippen LogP contribution in [0.3, 0.4) is 0 Å². The number of hydrogen-bond acceptors (Lipinski definition) is 3. The van der Waals surface area contributed by atoms with Crippen molar-refractivity contribution < 1.29 is 0 Å². The third-order valence-electron chi connectivity index (χ3n) is 4.30. The molecule has 1 aromatic rings. The first-order valence-electron chi connectivity index (χ1n) is 7.38. The number of hydrogen-bond donors (Lipinski definition) is 1. The Morgan fingerprint density at radius 3 is 2.79 bits per heavy atom. The van der Waals surface area contributed by atoms with Crippen molar-refractivity contribution >= 4 is 5.82 Å². The molecular weight excluding hydrogens is 234 g/mol. The van der Waals surface area contributed by atoms with Crippen molar-refractivity contribution in [2.24, 2.45) is 11.3 Å². The quantitative estimate of drug-likeness (QED) is 0.888. The average molecular weight is 261 g/mol. The fourth-order valence-electron chi connectivity index (χ4n) is 3.03. The fourth-order valence-corrected chi connectivity index (χ4v) is 3.03. The summed E-state index contributed by atoms with van der Waals surface area (Å²) < 4.78 is 0. The minimum atomic E-state index is 0.442. The molecule has 0 aliphatic carbocycles. The summed E-state index contributed by atoms with van der Waals surface area (Å²) in [7, 11) is 0. The van der Waals surface area contributed by atoms with Crippen molar-refractivity contribution in [3.63, 3.8) is 0 Å². The van der Waals surface area contributed by atoms with Gasteiger partial charge in [-0.25, -0.2) is 4.98 Å². The van der Waals surface area contributed by atoms with Crippen molar-refractivity contribution in [3.05, 3.63) is 23.9 Å². The lowest BCUT2D eigenvalue weighted by atomic mass is 9.77. The highest BCUT2D eigenvalue weighted by atomic mass is 15.1. The van der Waals surface area contributed by atoms with Gasteiger partial charge in [-0.1, -0.05) is 20.8 Å². The van der Waals surface area contributed by atoms with Gasteiger partial charge in [-0.05, 0) is 61.4 Å². The first-order valence-corrected chi connectivity index (χ1v) is 7.38. The molecule has 0 saturated carbocycles. The van der Waals surface area contributed by atoms with E-state index in [9.17, 15) is 0 Å². The summed E-state index contributed by atoms with van der Waals surface area (Å²) in [6, 6.07) is 4.06. The Hall–Kier alpha value is -1.09. The van der Waals surface area contributed by atoms with Gasteiger partial charge >= 0.3 is 0 Å². The molecule has 1 aromatic heterocycles. The van der Waals surface area contributed by atoms with E-state index in [-0.39, 0.29) is 0 Å². The fraction of sp³-hybridized carbons (Fsp3) is 0.688. The third-order valence-corrected chi connectivity index (χ3v) is 4.30. The Morgan fingerprint density at radius 2 is 2.11 bits per heavy atom. The average Bonchev–Trinajstić information content (AvgIpc) is 2.54. The Morgan fingerprint density at radius 1 is 1.32 bits per heavy atom. The van der Waals surface area contributed by atoms with Crippen molar-refractivity contribution in [2.45, 2.75) is 46.6 Å². The summed E-state index contributed by atoms with van der Waals surface area (Å²) in [6.07, 6.45) is 5.78. The van der Waals surface area contributed by atoms with Gasteiger partial charge in [0.2, 0.25) is 0 Å². The molecule has 106 valence electrons. The van der Waals surface area contributed by atoms with E-state index in [0.29, 0.717) is 11.2 Å². The number of nitrogens with two attached hydrogens (primary N) is 1. The Labute approximate surface area is 117 Å². The molecule has 0 spiro atoms. The summed E-state index contributed by atoms with van der Waals surface area (Å²) in [5, 5.41) is 0. The molecule has 1 aliphatic heterocycles. The van der Waals surface area contributed by atoms with E-state index in [0.717, 1.165) is 12.5 Å². The molecular formula is C16H27N3. The van der Waals surface area contributed by atoms with Crippen LogP contribution in [-0.2, 0) is 6.54 Å². The normalized spacial score (nSPS) is 22.2. The lowest BCUT2D eigenvalue weighted by Gasteiger charge is -2.29. The zero-order valence-electron chi connectivity index (χ0n) is 12.5. The minimum Gasteiger partial charge on any atom is -0.384 e. The molecule has 0 bridgehead atoms. The minimum absolute atomic E-state index is 0.442. The summed E-state index contributed by atoms with van der Waals surface area (Å²) in [4.78, 5) is 6.61. The van der Waals surface area contributed by atoms with Crippen LogP contribution in [0.2, 0.25) is 0 Å². The van der Waals surface area contributed by atoms with Crippen molar-refractivity contribution in [3.8, 4) is 0 Å². The molecule has 19 heavy (non-hydrogen) atoms. The second-order valence-electron chi connectivity index (χ2n) is 6.86. The van der Waals surface area contributed by atoms with Crippen molar-refractivity contribution in [2.75, 3.05) is 18.8 Å². The van der Waals surface area contributed by atoms with Gasteiger partial charge in [-0.3, -0.25) is 4.90 Å². The second-order valence-corrected chi connectivity index (χ2v) is 6.86. The summed E-state index contributed by atoms with van der Waals surface area (Å²) >= 11 is 0. The predicted octanol–water partition coefficient (Wildman–Crippen LogP) is 3.31. The largest absolute Gasteiger partial charge is 0.384 e. The van der Waals surface area contributed by atoms with Crippen LogP contribution in [0.5, 0.6) is 0 Å². The van der Waals surface area contributed by atoms with E-state index in [4.69, 9.17) is 5.73 Å². The molecule has 0 aromatic carbocycles. The van der Waals surface area contributed by atoms with Crippen LogP contribution in [-0.4, -0.2) is 23.0 Å². The maximum atomic E-state index is 5.74. The number of rotatable bonds is 2. The van der Waals surface area contributed by atoms with Gasteiger partial charge in [-0.2, -0.15) is 0 Å². The highest BCUT2D eigenvalue weighted by Crippen LogP contribution is 2.34. The molecule has 1 aliphatic rings. The topological polar surface area (TPSA) is 42.2 Å². The Bertz CT molecular complexity index is 409. The molecule has 3 nitrogen and oxygen atoms in total. The van der Waals surface area contributed by atoms with Gasteiger partial charge < -0.3 is 5.73 Å². The molecule has 2 heterocycles. The Balaban J connectivity index is 1.93. The number of nitrogen functional groups attached to an aromatic ring is 1.